The van der Waals surface area contributed by atoms with Gasteiger partial charge >= 0.3 is 0 Å². The third kappa shape index (κ3) is 3.70. The Bertz CT molecular complexity index is 619. The largest absolute Gasteiger partial charge is 0.370 e. The molecule has 1 aromatic rings. The summed E-state index contributed by atoms with van der Waals surface area (Å²) < 4.78 is 0. The highest BCUT2D eigenvalue weighted by molar-refractivity contribution is 5.80. The minimum atomic E-state index is -0.324. The smallest absolute Gasteiger partial charge is 0.224 e. The van der Waals surface area contributed by atoms with Crippen molar-refractivity contribution in [3.8, 4) is 0 Å². The van der Waals surface area contributed by atoms with Crippen LogP contribution >= 0.6 is 0 Å². The van der Waals surface area contributed by atoms with Gasteiger partial charge in [-0.15, -0.1) is 0 Å². The predicted octanol–water partition coefficient (Wildman–Crippen LogP) is 0.315. The van der Waals surface area contributed by atoms with Crippen molar-refractivity contribution in [1.82, 2.24) is 9.80 Å². The predicted molar refractivity (Wildman–Crippen MR) is 93.7 cm³/mol. The van der Waals surface area contributed by atoms with Crippen LogP contribution in [0.5, 0.6) is 0 Å². The summed E-state index contributed by atoms with van der Waals surface area (Å²) >= 11 is 0. The zero-order valence-electron chi connectivity index (χ0n) is 14.3. The van der Waals surface area contributed by atoms with Crippen LogP contribution in [0.25, 0.3) is 0 Å². The first kappa shape index (κ1) is 16.8. The molecule has 0 aromatic heterocycles. The van der Waals surface area contributed by atoms with Crippen molar-refractivity contribution in [3.63, 3.8) is 0 Å². The van der Waals surface area contributed by atoms with Gasteiger partial charge in [-0.2, -0.15) is 0 Å². The monoisotopic (exact) mass is 330 g/mol. The van der Waals surface area contributed by atoms with Crippen molar-refractivity contribution in [2.24, 2.45) is 11.7 Å². The van der Waals surface area contributed by atoms with E-state index in [2.05, 4.69) is 28.0 Å². The molecular weight excluding hydrogens is 304 g/mol. The van der Waals surface area contributed by atoms with Crippen molar-refractivity contribution >= 4 is 17.5 Å². The van der Waals surface area contributed by atoms with Crippen molar-refractivity contribution in [2.75, 3.05) is 51.2 Å². The highest BCUT2D eigenvalue weighted by Crippen LogP contribution is 2.27. The number of carbonyl (C=O) groups is 2. The third-order valence-electron chi connectivity index (χ3n) is 5.06. The number of hydrogen-bond donors (Lipinski definition) is 1. The first-order valence-electron chi connectivity index (χ1n) is 8.63. The Morgan fingerprint density at radius 3 is 2.75 bits per heavy atom. The van der Waals surface area contributed by atoms with Gasteiger partial charge in [-0.05, 0) is 25.1 Å². The molecule has 2 N–H and O–H groups in total. The molecule has 2 aliphatic rings. The number of nitrogens with zero attached hydrogens (tertiary/aromatic N) is 3. The van der Waals surface area contributed by atoms with E-state index in [0.717, 1.165) is 26.1 Å². The molecule has 2 aliphatic heterocycles. The van der Waals surface area contributed by atoms with Crippen LogP contribution in [0.4, 0.5) is 5.69 Å². The van der Waals surface area contributed by atoms with Gasteiger partial charge < -0.3 is 20.4 Å². The summed E-state index contributed by atoms with van der Waals surface area (Å²) in [5.41, 5.74) is 8.08. The van der Waals surface area contributed by atoms with Crippen molar-refractivity contribution in [1.29, 1.82) is 0 Å². The molecule has 1 unspecified atom stereocenters. The van der Waals surface area contributed by atoms with Crippen LogP contribution in [-0.2, 0) is 16.0 Å². The van der Waals surface area contributed by atoms with Gasteiger partial charge in [0.25, 0.3) is 0 Å². The number of anilines is 1. The molecule has 24 heavy (non-hydrogen) atoms. The molecule has 2 amide bonds. The molecular formula is C18H26N4O2. The summed E-state index contributed by atoms with van der Waals surface area (Å²) in [4.78, 5) is 30.4. The Morgan fingerprint density at radius 1 is 1.17 bits per heavy atom. The van der Waals surface area contributed by atoms with E-state index in [9.17, 15) is 9.59 Å². The van der Waals surface area contributed by atoms with Crippen LogP contribution in [0.1, 0.15) is 12.0 Å². The third-order valence-corrected chi connectivity index (χ3v) is 5.06. The van der Waals surface area contributed by atoms with E-state index in [4.69, 9.17) is 5.73 Å². The lowest BCUT2D eigenvalue weighted by Gasteiger charge is -2.25. The maximum absolute atomic E-state index is 12.6. The molecule has 6 nitrogen and oxygen atoms in total. The minimum Gasteiger partial charge on any atom is -0.370 e. The Morgan fingerprint density at radius 2 is 1.96 bits per heavy atom. The van der Waals surface area contributed by atoms with Gasteiger partial charge in [0.1, 0.15) is 0 Å². The van der Waals surface area contributed by atoms with Crippen LogP contribution in [0.3, 0.4) is 0 Å². The number of nitrogens with two attached hydrogens (primary N) is 1. The fraction of sp³-hybridized carbons (Fsp3) is 0.556. The molecule has 0 bridgehead atoms. The molecule has 6 heteroatoms. The van der Waals surface area contributed by atoms with Crippen molar-refractivity contribution in [3.05, 3.63) is 29.8 Å². The molecule has 130 valence electrons. The summed E-state index contributed by atoms with van der Waals surface area (Å²) in [6, 6.07) is 8.38. The number of primary amides is 1. The Labute approximate surface area is 143 Å². The number of benzene rings is 1. The van der Waals surface area contributed by atoms with E-state index in [0.29, 0.717) is 26.1 Å². The van der Waals surface area contributed by atoms with Gasteiger partial charge in [0.05, 0.1) is 5.92 Å². The van der Waals surface area contributed by atoms with Crippen LogP contribution < -0.4 is 10.6 Å². The highest BCUT2D eigenvalue weighted by Gasteiger charge is 2.28. The maximum Gasteiger partial charge on any atom is 0.224 e. The summed E-state index contributed by atoms with van der Waals surface area (Å²) in [5, 5.41) is 0. The number of likely N-dealkylation sites (N-methyl/N-ethyl adjacent to an activating group) is 1. The Kier molecular flexibility index (Phi) is 5.04. The second-order valence-corrected chi connectivity index (χ2v) is 6.82. The van der Waals surface area contributed by atoms with E-state index in [1.807, 2.05) is 13.1 Å². The molecule has 0 aliphatic carbocycles. The topological polar surface area (TPSA) is 69.9 Å². The van der Waals surface area contributed by atoms with Gasteiger partial charge in [0, 0.05) is 51.4 Å². The second-order valence-electron chi connectivity index (χ2n) is 6.82. The normalized spacial score (nSPS) is 21.5. The molecule has 1 atom stereocenters. The van der Waals surface area contributed by atoms with E-state index < -0.39 is 0 Å². The fourth-order valence-electron chi connectivity index (χ4n) is 3.61. The number of carbonyl (C=O) groups excluding carboxylic acids is 2. The zero-order valence-corrected chi connectivity index (χ0v) is 14.3. The van der Waals surface area contributed by atoms with E-state index in [-0.39, 0.29) is 17.7 Å². The molecule has 3 rings (SSSR count). The van der Waals surface area contributed by atoms with Gasteiger partial charge in [-0.1, -0.05) is 18.2 Å². The van der Waals surface area contributed by atoms with Crippen molar-refractivity contribution < 1.29 is 9.59 Å². The van der Waals surface area contributed by atoms with Gasteiger partial charge in [0.2, 0.25) is 11.8 Å². The number of fused-ring (bicyclic) bond motifs is 1. The molecule has 0 spiro atoms. The molecule has 2 heterocycles. The Hall–Kier alpha value is -2.08. The molecule has 0 radical (unpaired) electrons. The summed E-state index contributed by atoms with van der Waals surface area (Å²) in [6.45, 7) is 4.20. The first-order valence-corrected chi connectivity index (χ1v) is 8.63. The van der Waals surface area contributed by atoms with Gasteiger partial charge in [-0.3, -0.25) is 9.59 Å². The number of para-hydroxylation sites is 1. The summed E-state index contributed by atoms with van der Waals surface area (Å²) in [7, 11) is 1.96. The molecule has 1 aromatic carbocycles. The molecule has 0 saturated carbocycles. The standard InChI is InChI=1S/C18H26N4O2/c1-20-10-11-22(13-15(12-20)18(19)24)17(23)7-9-21-8-6-14-4-2-3-5-16(14)21/h2-5,15H,6-13H2,1H3,(H2,19,24). The van der Waals surface area contributed by atoms with Crippen molar-refractivity contribution in [2.45, 2.75) is 12.8 Å². The van der Waals surface area contributed by atoms with Crippen LogP contribution in [-0.4, -0.2) is 67.9 Å². The van der Waals surface area contributed by atoms with Crippen LogP contribution in [0, 0.1) is 5.92 Å². The van der Waals surface area contributed by atoms with Crippen LogP contribution in [0.15, 0.2) is 24.3 Å². The SMILES string of the molecule is CN1CCN(C(=O)CCN2CCc3ccccc32)CC(C(N)=O)C1. The van der Waals surface area contributed by atoms with E-state index in [1.54, 1.807) is 4.90 Å². The lowest BCUT2D eigenvalue weighted by molar-refractivity contribution is -0.132. The molecule has 1 saturated heterocycles. The lowest BCUT2D eigenvalue weighted by atomic mass is 10.1. The molecule has 1 fully saturated rings. The van der Waals surface area contributed by atoms with E-state index >= 15 is 0 Å². The van der Waals surface area contributed by atoms with Gasteiger partial charge in [0.15, 0.2) is 0 Å². The van der Waals surface area contributed by atoms with Crippen LogP contribution in [0.2, 0.25) is 0 Å². The number of rotatable bonds is 4. The quantitative estimate of drug-likeness (QED) is 0.863. The zero-order chi connectivity index (χ0) is 17.1. The fourth-order valence-corrected chi connectivity index (χ4v) is 3.61. The highest BCUT2D eigenvalue weighted by atomic mass is 16.2. The summed E-state index contributed by atoms with van der Waals surface area (Å²) in [6.07, 6.45) is 1.52. The van der Waals surface area contributed by atoms with Gasteiger partial charge in [-0.25, -0.2) is 0 Å². The Balaban J connectivity index is 1.58. The average Bonchev–Trinajstić information content (AvgIpc) is 2.87. The number of amides is 2. The first-order chi connectivity index (χ1) is 11.5. The second kappa shape index (κ2) is 7.21. The maximum atomic E-state index is 12.6. The lowest BCUT2D eigenvalue weighted by Crippen LogP contribution is -2.41. The number of hydrogen-bond acceptors (Lipinski definition) is 4. The summed E-state index contributed by atoms with van der Waals surface area (Å²) in [5.74, 6) is -0.495. The average molecular weight is 330 g/mol. The van der Waals surface area contributed by atoms with E-state index in [1.165, 1.54) is 11.3 Å². The minimum absolute atomic E-state index is 0.112.